The first-order valence-corrected chi connectivity index (χ1v) is 9.63. The smallest absolute Gasteiger partial charge is 0.255 e. The lowest BCUT2D eigenvalue weighted by atomic mass is 9.99. The number of hydrogen-bond donors (Lipinski definition) is 2. The molecular weight excluding hydrogens is 356 g/mol. The zero-order chi connectivity index (χ0) is 19.5. The van der Waals surface area contributed by atoms with Gasteiger partial charge in [-0.1, -0.05) is 30.3 Å². The molecule has 1 aliphatic heterocycles. The van der Waals surface area contributed by atoms with Gasteiger partial charge in [-0.15, -0.1) is 0 Å². The summed E-state index contributed by atoms with van der Waals surface area (Å²) in [5.74, 6) is 0.303. The molecular formula is C22H24N2O4. The maximum atomic E-state index is 12.3. The first-order valence-electron chi connectivity index (χ1n) is 9.63. The monoisotopic (exact) mass is 380 g/mol. The number of ether oxygens (including phenoxy) is 1. The predicted molar refractivity (Wildman–Crippen MR) is 105 cm³/mol. The number of aliphatic hydroxyl groups is 1. The summed E-state index contributed by atoms with van der Waals surface area (Å²) in [5.41, 5.74) is 1.93. The van der Waals surface area contributed by atoms with E-state index in [1.165, 1.54) is 0 Å². The number of carbonyl (C=O) groups is 2. The zero-order valence-electron chi connectivity index (χ0n) is 15.6. The van der Waals surface area contributed by atoms with Crippen molar-refractivity contribution >= 4 is 17.5 Å². The fourth-order valence-electron chi connectivity index (χ4n) is 3.48. The molecule has 4 rings (SSSR count). The zero-order valence-corrected chi connectivity index (χ0v) is 15.6. The number of anilines is 1. The Balaban J connectivity index is 1.43. The number of amides is 2. The second kappa shape index (κ2) is 8.12. The number of carbonyl (C=O) groups excluding carboxylic acids is 2. The minimum absolute atomic E-state index is 0.0612. The number of benzene rings is 2. The van der Waals surface area contributed by atoms with Crippen LogP contribution in [0.4, 0.5) is 5.69 Å². The summed E-state index contributed by atoms with van der Waals surface area (Å²) < 4.78 is 5.39. The number of nitrogens with one attached hydrogen (secondary N) is 1. The van der Waals surface area contributed by atoms with Crippen molar-refractivity contribution in [1.29, 1.82) is 0 Å². The lowest BCUT2D eigenvalue weighted by molar-refractivity contribution is -0.154. The molecule has 6 nitrogen and oxygen atoms in total. The predicted octanol–water partition coefficient (Wildman–Crippen LogP) is 2.61. The fourth-order valence-corrected chi connectivity index (χ4v) is 3.48. The molecule has 2 atom stereocenters. The highest BCUT2D eigenvalue weighted by molar-refractivity contribution is 6.04. The third-order valence-corrected chi connectivity index (χ3v) is 5.30. The molecule has 2 aliphatic rings. The van der Waals surface area contributed by atoms with Crippen LogP contribution in [0.1, 0.15) is 34.9 Å². The van der Waals surface area contributed by atoms with E-state index in [4.69, 9.17) is 4.74 Å². The van der Waals surface area contributed by atoms with Crippen molar-refractivity contribution in [3.05, 3.63) is 65.7 Å². The van der Waals surface area contributed by atoms with Gasteiger partial charge >= 0.3 is 0 Å². The SMILES string of the molecule is O=C(Nc1ccc([C@@H](O)[C@H]2COCC(=O)N2CC2CC2)cc1)c1ccccc1. The summed E-state index contributed by atoms with van der Waals surface area (Å²) in [6.07, 6.45) is 1.45. The molecule has 2 aromatic rings. The van der Waals surface area contributed by atoms with E-state index in [9.17, 15) is 14.7 Å². The Morgan fingerprint density at radius 1 is 1.14 bits per heavy atom. The topological polar surface area (TPSA) is 78.9 Å². The molecule has 2 aromatic carbocycles. The highest BCUT2D eigenvalue weighted by Crippen LogP contribution is 2.33. The van der Waals surface area contributed by atoms with Crippen LogP contribution in [0.15, 0.2) is 54.6 Å². The standard InChI is InChI=1S/C22H24N2O4/c25-20-14-28-13-19(24(20)12-15-6-7-15)21(26)16-8-10-18(11-9-16)23-22(27)17-4-2-1-3-5-17/h1-5,8-11,15,19,21,26H,6-7,12-14H2,(H,23,27)/t19-,21-/m1/s1. The second-order valence-corrected chi connectivity index (χ2v) is 7.46. The van der Waals surface area contributed by atoms with Gasteiger partial charge in [0.2, 0.25) is 5.91 Å². The highest BCUT2D eigenvalue weighted by atomic mass is 16.5. The van der Waals surface area contributed by atoms with E-state index in [-0.39, 0.29) is 24.5 Å². The van der Waals surface area contributed by atoms with Gasteiger partial charge in [0, 0.05) is 17.8 Å². The maximum Gasteiger partial charge on any atom is 0.255 e. The van der Waals surface area contributed by atoms with Crippen LogP contribution in [0.5, 0.6) is 0 Å². The Kier molecular flexibility index (Phi) is 5.41. The lowest BCUT2D eigenvalue weighted by Crippen LogP contribution is -2.52. The van der Waals surface area contributed by atoms with Gasteiger partial charge in [0.1, 0.15) is 12.7 Å². The molecule has 0 aromatic heterocycles. The number of hydrogen-bond acceptors (Lipinski definition) is 4. The van der Waals surface area contributed by atoms with E-state index in [0.29, 0.717) is 35.9 Å². The Morgan fingerprint density at radius 3 is 2.54 bits per heavy atom. The molecule has 0 radical (unpaired) electrons. The molecule has 1 saturated heterocycles. The number of rotatable bonds is 6. The van der Waals surface area contributed by atoms with Crippen molar-refractivity contribution in [3.63, 3.8) is 0 Å². The Morgan fingerprint density at radius 2 is 1.86 bits per heavy atom. The van der Waals surface area contributed by atoms with E-state index in [1.807, 2.05) is 18.2 Å². The molecule has 146 valence electrons. The van der Waals surface area contributed by atoms with Gasteiger partial charge in [-0.25, -0.2) is 0 Å². The Bertz CT molecular complexity index is 833. The van der Waals surface area contributed by atoms with Crippen LogP contribution in [0, 0.1) is 5.92 Å². The minimum atomic E-state index is -0.832. The number of aliphatic hydroxyl groups excluding tert-OH is 1. The summed E-state index contributed by atoms with van der Waals surface area (Å²) in [4.78, 5) is 26.3. The van der Waals surface area contributed by atoms with Gasteiger partial charge in [0.15, 0.2) is 0 Å². The summed E-state index contributed by atoms with van der Waals surface area (Å²) in [7, 11) is 0. The van der Waals surface area contributed by atoms with Crippen LogP contribution in [-0.4, -0.2) is 47.6 Å². The second-order valence-electron chi connectivity index (χ2n) is 7.46. The third-order valence-electron chi connectivity index (χ3n) is 5.30. The van der Waals surface area contributed by atoms with E-state index in [0.717, 1.165) is 12.8 Å². The first-order chi connectivity index (χ1) is 13.6. The van der Waals surface area contributed by atoms with Gasteiger partial charge in [-0.05, 0) is 48.6 Å². The summed E-state index contributed by atoms with van der Waals surface area (Å²) in [6, 6.07) is 15.7. The molecule has 0 bridgehead atoms. The fraction of sp³-hybridized carbons (Fsp3) is 0.364. The van der Waals surface area contributed by atoms with Gasteiger partial charge in [0.05, 0.1) is 12.6 Å². The van der Waals surface area contributed by atoms with Crippen molar-refractivity contribution in [3.8, 4) is 0 Å². The molecule has 2 fully saturated rings. The van der Waals surface area contributed by atoms with E-state index >= 15 is 0 Å². The molecule has 1 aliphatic carbocycles. The van der Waals surface area contributed by atoms with Crippen molar-refractivity contribution in [2.45, 2.75) is 25.0 Å². The van der Waals surface area contributed by atoms with Gasteiger partial charge in [-0.3, -0.25) is 9.59 Å². The molecule has 2 N–H and O–H groups in total. The van der Waals surface area contributed by atoms with Crippen LogP contribution in [0.2, 0.25) is 0 Å². The highest BCUT2D eigenvalue weighted by Gasteiger charge is 2.37. The molecule has 2 amide bonds. The minimum Gasteiger partial charge on any atom is -0.386 e. The molecule has 28 heavy (non-hydrogen) atoms. The van der Waals surface area contributed by atoms with E-state index < -0.39 is 6.10 Å². The molecule has 6 heteroatoms. The first kappa shape index (κ1) is 18.7. The average Bonchev–Trinajstić information content (AvgIpc) is 3.54. The van der Waals surface area contributed by atoms with Gasteiger partial charge in [-0.2, -0.15) is 0 Å². The van der Waals surface area contributed by atoms with E-state index in [1.54, 1.807) is 41.3 Å². The normalized spacial score (nSPS) is 20.7. The van der Waals surface area contributed by atoms with Crippen LogP contribution < -0.4 is 5.32 Å². The summed E-state index contributed by atoms with van der Waals surface area (Å²) in [6.45, 7) is 1.10. The Hall–Kier alpha value is -2.70. The van der Waals surface area contributed by atoms with Gasteiger partial charge < -0.3 is 20.1 Å². The number of nitrogens with zero attached hydrogens (tertiary/aromatic N) is 1. The molecule has 1 heterocycles. The maximum absolute atomic E-state index is 12.3. The van der Waals surface area contributed by atoms with Crippen molar-refractivity contribution in [2.24, 2.45) is 5.92 Å². The van der Waals surface area contributed by atoms with Crippen molar-refractivity contribution in [2.75, 3.05) is 25.1 Å². The van der Waals surface area contributed by atoms with Crippen LogP contribution >= 0.6 is 0 Å². The Labute approximate surface area is 164 Å². The summed E-state index contributed by atoms with van der Waals surface area (Å²) in [5, 5.41) is 13.7. The quantitative estimate of drug-likeness (QED) is 0.807. The molecule has 1 saturated carbocycles. The third kappa shape index (κ3) is 4.24. The molecule has 0 unspecified atom stereocenters. The largest absolute Gasteiger partial charge is 0.386 e. The van der Waals surface area contributed by atoms with Crippen molar-refractivity contribution in [1.82, 2.24) is 4.90 Å². The van der Waals surface area contributed by atoms with E-state index in [2.05, 4.69) is 5.32 Å². The van der Waals surface area contributed by atoms with Crippen LogP contribution in [0.3, 0.4) is 0 Å². The summed E-state index contributed by atoms with van der Waals surface area (Å²) >= 11 is 0. The van der Waals surface area contributed by atoms with Crippen LogP contribution in [0.25, 0.3) is 0 Å². The average molecular weight is 380 g/mol. The van der Waals surface area contributed by atoms with Crippen molar-refractivity contribution < 1.29 is 19.4 Å². The van der Waals surface area contributed by atoms with Gasteiger partial charge in [0.25, 0.3) is 5.91 Å². The van der Waals surface area contributed by atoms with Crippen LogP contribution in [-0.2, 0) is 9.53 Å². The molecule has 0 spiro atoms. The lowest BCUT2D eigenvalue weighted by Gasteiger charge is -2.38. The number of morpholine rings is 1.